The average Bonchev–Trinajstić information content (AvgIpc) is 2.48. The molecule has 1 aromatic rings. The number of carbonyl (C=O) groups is 1. The second-order valence-electron chi connectivity index (χ2n) is 5.02. The lowest BCUT2D eigenvalue weighted by Crippen LogP contribution is -2.37. The predicted octanol–water partition coefficient (Wildman–Crippen LogP) is 2.20. The number of halogens is 1. The fourth-order valence-electron chi connectivity index (χ4n) is 2.61. The topological polar surface area (TPSA) is 64.8 Å². The van der Waals surface area contributed by atoms with Gasteiger partial charge >= 0.3 is 5.97 Å². The Labute approximate surface area is 123 Å². The van der Waals surface area contributed by atoms with Crippen molar-refractivity contribution in [2.75, 3.05) is 37.4 Å². The van der Waals surface area contributed by atoms with Crippen LogP contribution in [0.15, 0.2) is 12.1 Å². The standard InChI is InChI=1S/C15H21FN2O3/c1-3-21-10-4-6-18(7-5-10)14-8-11(15(19)20-2)13(17)9-12(14)16/h8-10H,3-7,17H2,1-2H3. The number of nitrogens with zero attached hydrogens (tertiary/aromatic N) is 1. The highest BCUT2D eigenvalue weighted by Gasteiger charge is 2.23. The molecule has 5 nitrogen and oxygen atoms in total. The summed E-state index contributed by atoms with van der Waals surface area (Å²) >= 11 is 0. The molecular weight excluding hydrogens is 275 g/mol. The number of nitrogens with two attached hydrogens (primary N) is 1. The van der Waals surface area contributed by atoms with Crippen molar-refractivity contribution in [3.63, 3.8) is 0 Å². The van der Waals surface area contributed by atoms with Crippen LogP contribution in [0.5, 0.6) is 0 Å². The molecule has 0 unspecified atom stereocenters. The van der Waals surface area contributed by atoms with Crippen LogP contribution in [0.1, 0.15) is 30.1 Å². The van der Waals surface area contributed by atoms with Gasteiger partial charge in [-0.2, -0.15) is 0 Å². The first-order valence-corrected chi connectivity index (χ1v) is 7.10. The van der Waals surface area contributed by atoms with Gasteiger partial charge in [-0.05, 0) is 31.9 Å². The van der Waals surface area contributed by atoms with E-state index in [9.17, 15) is 9.18 Å². The van der Waals surface area contributed by atoms with E-state index in [1.165, 1.54) is 19.2 Å². The van der Waals surface area contributed by atoms with Crippen molar-refractivity contribution in [1.29, 1.82) is 0 Å². The molecule has 1 saturated heterocycles. The Morgan fingerprint density at radius 2 is 2.10 bits per heavy atom. The lowest BCUT2D eigenvalue weighted by Gasteiger charge is -2.33. The lowest BCUT2D eigenvalue weighted by molar-refractivity contribution is 0.0458. The van der Waals surface area contributed by atoms with Gasteiger partial charge in [0.25, 0.3) is 0 Å². The molecule has 0 spiro atoms. The van der Waals surface area contributed by atoms with E-state index in [1.54, 1.807) is 0 Å². The van der Waals surface area contributed by atoms with Crippen LogP contribution in [0.2, 0.25) is 0 Å². The molecule has 21 heavy (non-hydrogen) atoms. The SMILES string of the molecule is CCOC1CCN(c2cc(C(=O)OC)c(N)cc2F)CC1. The molecule has 0 aliphatic carbocycles. The van der Waals surface area contributed by atoms with Crippen LogP contribution in [-0.2, 0) is 9.47 Å². The van der Waals surface area contributed by atoms with Crippen molar-refractivity contribution in [2.45, 2.75) is 25.9 Å². The summed E-state index contributed by atoms with van der Waals surface area (Å²) in [5.41, 5.74) is 6.35. The fourth-order valence-corrected chi connectivity index (χ4v) is 2.61. The van der Waals surface area contributed by atoms with E-state index in [1.807, 2.05) is 11.8 Å². The van der Waals surface area contributed by atoms with E-state index in [2.05, 4.69) is 4.74 Å². The number of hydrogen-bond acceptors (Lipinski definition) is 5. The number of esters is 1. The van der Waals surface area contributed by atoms with Crippen LogP contribution in [0, 0.1) is 5.82 Å². The quantitative estimate of drug-likeness (QED) is 0.681. The average molecular weight is 296 g/mol. The molecule has 0 amide bonds. The van der Waals surface area contributed by atoms with Gasteiger partial charge < -0.3 is 20.1 Å². The van der Waals surface area contributed by atoms with Crippen molar-refractivity contribution in [3.8, 4) is 0 Å². The van der Waals surface area contributed by atoms with Crippen molar-refractivity contribution < 1.29 is 18.7 Å². The first-order valence-electron chi connectivity index (χ1n) is 7.10. The van der Waals surface area contributed by atoms with Gasteiger partial charge in [0, 0.05) is 25.4 Å². The molecule has 0 saturated carbocycles. The zero-order valence-corrected chi connectivity index (χ0v) is 12.4. The third kappa shape index (κ3) is 3.44. The minimum atomic E-state index is -0.557. The summed E-state index contributed by atoms with van der Waals surface area (Å²) in [6, 6.07) is 2.65. The molecule has 1 aliphatic rings. The molecule has 1 aromatic carbocycles. The minimum absolute atomic E-state index is 0.0901. The van der Waals surface area contributed by atoms with E-state index in [0.717, 1.165) is 12.8 Å². The number of ether oxygens (including phenoxy) is 2. The normalized spacial score (nSPS) is 16.0. The summed E-state index contributed by atoms with van der Waals surface area (Å²) in [6.07, 6.45) is 1.90. The molecule has 2 rings (SSSR count). The van der Waals surface area contributed by atoms with Gasteiger partial charge in [0.15, 0.2) is 0 Å². The van der Waals surface area contributed by atoms with Gasteiger partial charge in [0.2, 0.25) is 0 Å². The van der Waals surface area contributed by atoms with Gasteiger partial charge in [-0.3, -0.25) is 0 Å². The van der Waals surface area contributed by atoms with Crippen LogP contribution in [0.4, 0.5) is 15.8 Å². The molecule has 1 heterocycles. The van der Waals surface area contributed by atoms with Crippen LogP contribution in [-0.4, -0.2) is 38.9 Å². The lowest BCUT2D eigenvalue weighted by atomic mass is 10.1. The first kappa shape index (κ1) is 15.6. The molecule has 6 heteroatoms. The summed E-state index contributed by atoms with van der Waals surface area (Å²) in [6.45, 7) is 4.03. The Hall–Kier alpha value is -1.82. The van der Waals surface area contributed by atoms with Crippen LogP contribution in [0.25, 0.3) is 0 Å². The van der Waals surface area contributed by atoms with Crippen LogP contribution < -0.4 is 10.6 Å². The Kier molecular flexibility index (Phi) is 5.01. The summed E-state index contributed by atoms with van der Waals surface area (Å²) in [7, 11) is 1.28. The zero-order valence-electron chi connectivity index (χ0n) is 12.4. The Morgan fingerprint density at radius 3 is 2.67 bits per heavy atom. The fraction of sp³-hybridized carbons (Fsp3) is 0.533. The summed E-state index contributed by atoms with van der Waals surface area (Å²) in [4.78, 5) is 13.6. The van der Waals surface area contributed by atoms with Gasteiger partial charge in [-0.15, -0.1) is 0 Å². The zero-order chi connectivity index (χ0) is 15.4. The number of methoxy groups -OCH3 is 1. The third-order valence-corrected chi connectivity index (χ3v) is 3.71. The molecule has 1 fully saturated rings. The van der Waals surface area contributed by atoms with Crippen LogP contribution >= 0.6 is 0 Å². The summed E-state index contributed by atoms with van der Waals surface area (Å²) in [5.74, 6) is -0.979. The van der Waals surface area contributed by atoms with Crippen molar-refractivity contribution >= 4 is 17.3 Å². The number of rotatable bonds is 4. The Balaban J connectivity index is 2.18. The highest BCUT2D eigenvalue weighted by Crippen LogP contribution is 2.28. The molecule has 0 bridgehead atoms. The molecule has 0 aromatic heterocycles. The summed E-state index contributed by atoms with van der Waals surface area (Å²) < 4.78 is 24.4. The van der Waals surface area contributed by atoms with E-state index in [-0.39, 0.29) is 17.4 Å². The molecule has 0 radical (unpaired) electrons. The second-order valence-corrected chi connectivity index (χ2v) is 5.02. The Morgan fingerprint density at radius 1 is 1.43 bits per heavy atom. The molecule has 1 aliphatic heterocycles. The minimum Gasteiger partial charge on any atom is -0.465 e. The third-order valence-electron chi connectivity index (χ3n) is 3.71. The van der Waals surface area contributed by atoms with Gasteiger partial charge in [-0.25, -0.2) is 9.18 Å². The van der Waals surface area contributed by atoms with E-state index in [0.29, 0.717) is 25.4 Å². The first-order chi connectivity index (χ1) is 10.1. The predicted molar refractivity (Wildman–Crippen MR) is 79.0 cm³/mol. The second kappa shape index (κ2) is 6.76. The Bertz CT molecular complexity index is 514. The van der Waals surface area contributed by atoms with E-state index in [4.69, 9.17) is 10.5 Å². The van der Waals surface area contributed by atoms with Crippen molar-refractivity contribution in [1.82, 2.24) is 0 Å². The maximum Gasteiger partial charge on any atom is 0.340 e. The smallest absolute Gasteiger partial charge is 0.340 e. The molecule has 2 N–H and O–H groups in total. The van der Waals surface area contributed by atoms with Crippen molar-refractivity contribution in [3.05, 3.63) is 23.5 Å². The maximum atomic E-state index is 14.1. The van der Waals surface area contributed by atoms with Gasteiger partial charge in [0.1, 0.15) is 5.82 Å². The number of carbonyl (C=O) groups excluding carboxylic acids is 1. The maximum absolute atomic E-state index is 14.1. The number of anilines is 2. The largest absolute Gasteiger partial charge is 0.465 e. The number of benzene rings is 1. The number of hydrogen-bond donors (Lipinski definition) is 1. The highest BCUT2D eigenvalue weighted by atomic mass is 19.1. The number of piperidine rings is 1. The monoisotopic (exact) mass is 296 g/mol. The molecular formula is C15H21FN2O3. The molecule has 0 atom stereocenters. The highest BCUT2D eigenvalue weighted by molar-refractivity contribution is 5.96. The van der Waals surface area contributed by atoms with Crippen molar-refractivity contribution in [2.24, 2.45) is 0 Å². The van der Waals surface area contributed by atoms with E-state index < -0.39 is 11.8 Å². The van der Waals surface area contributed by atoms with Gasteiger partial charge in [0.05, 0.1) is 24.5 Å². The number of nitrogen functional groups attached to an aromatic ring is 1. The summed E-state index contributed by atoms with van der Waals surface area (Å²) in [5, 5.41) is 0. The molecule has 116 valence electrons. The van der Waals surface area contributed by atoms with E-state index >= 15 is 0 Å². The van der Waals surface area contributed by atoms with Gasteiger partial charge in [-0.1, -0.05) is 0 Å². The van der Waals surface area contributed by atoms with Crippen LogP contribution in [0.3, 0.4) is 0 Å².